The molecule has 1 aromatic heterocycles. The van der Waals surface area contributed by atoms with Crippen molar-refractivity contribution in [2.24, 2.45) is 0 Å². The number of rotatable bonds is 5. The molecular weight excluding hydrogens is 242 g/mol. The Balaban J connectivity index is 1.48. The van der Waals surface area contributed by atoms with Crippen LogP contribution in [0.2, 0.25) is 0 Å². The van der Waals surface area contributed by atoms with Crippen molar-refractivity contribution >= 4 is 11.3 Å². The van der Waals surface area contributed by atoms with Gasteiger partial charge in [-0.3, -0.25) is 0 Å². The van der Waals surface area contributed by atoms with Crippen molar-refractivity contribution in [1.29, 1.82) is 0 Å². The summed E-state index contributed by atoms with van der Waals surface area (Å²) >= 11 is 1.81. The third-order valence-corrected chi connectivity index (χ3v) is 4.10. The van der Waals surface area contributed by atoms with Crippen LogP contribution in [0.25, 0.3) is 0 Å². The number of thiophene rings is 1. The van der Waals surface area contributed by atoms with Gasteiger partial charge in [0.1, 0.15) is 5.75 Å². The van der Waals surface area contributed by atoms with Crippen LogP contribution in [0.5, 0.6) is 5.75 Å². The first-order valence-electron chi connectivity index (χ1n) is 6.39. The van der Waals surface area contributed by atoms with Crippen molar-refractivity contribution in [3.8, 4) is 5.75 Å². The molecule has 0 bridgehead atoms. The highest BCUT2D eigenvalue weighted by molar-refractivity contribution is 7.09. The summed E-state index contributed by atoms with van der Waals surface area (Å²) < 4.78 is 5.51. The number of ether oxygens (including phenoxy) is 1. The predicted molar refractivity (Wildman–Crippen MR) is 75.4 cm³/mol. The molecule has 0 saturated heterocycles. The topological polar surface area (TPSA) is 21.3 Å². The van der Waals surface area contributed by atoms with Crippen LogP contribution in [0, 0.1) is 0 Å². The maximum atomic E-state index is 5.51. The summed E-state index contributed by atoms with van der Waals surface area (Å²) in [6.07, 6.45) is 2.14. The Bertz CT molecular complexity index is 507. The number of fused-ring (bicyclic) bond motifs is 1. The summed E-state index contributed by atoms with van der Waals surface area (Å²) in [4.78, 5) is 1.40. The van der Waals surface area contributed by atoms with Crippen LogP contribution in [-0.2, 0) is 19.4 Å². The Morgan fingerprint density at radius 2 is 2.28 bits per heavy atom. The smallest absolute Gasteiger partial charge is 0.122 e. The van der Waals surface area contributed by atoms with Crippen molar-refractivity contribution in [2.75, 3.05) is 13.2 Å². The molecule has 2 aromatic rings. The van der Waals surface area contributed by atoms with E-state index in [0.29, 0.717) is 0 Å². The van der Waals surface area contributed by atoms with Gasteiger partial charge in [-0.05, 0) is 41.6 Å². The van der Waals surface area contributed by atoms with E-state index < -0.39 is 0 Å². The Morgan fingerprint density at radius 3 is 3.17 bits per heavy atom. The van der Waals surface area contributed by atoms with E-state index in [1.165, 1.54) is 16.0 Å². The van der Waals surface area contributed by atoms with Gasteiger partial charge in [0.2, 0.25) is 0 Å². The first kappa shape index (κ1) is 11.8. The van der Waals surface area contributed by atoms with Crippen molar-refractivity contribution in [1.82, 2.24) is 5.32 Å². The van der Waals surface area contributed by atoms with Gasteiger partial charge in [0, 0.05) is 17.8 Å². The maximum absolute atomic E-state index is 5.51. The SMILES string of the molecule is c1csc(CNCCc2ccc3c(c2)CCO3)c1. The van der Waals surface area contributed by atoms with Gasteiger partial charge in [0.05, 0.1) is 6.61 Å². The molecule has 94 valence electrons. The van der Waals surface area contributed by atoms with Gasteiger partial charge in [-0.15, -0.1) is 11.3 Å². The summed E-state index contributed by atoms with van der Waals surface area (Å²) in [5, 5.41) is 5.61. The van der Waals surface area contributed by atoms with E-state index in [4.69, 9.17) is 4.74 Å². The number of hydrogen-bond donors (Lipinski definition) is 1. The Hall–Kier alpha value is -1.32. The third kappa shape index (κ3) is 2.74. The molecule has 0 spiro atoms. The zero-order chi connectivity index (χ0) is 12.2. The largest absolute Gasteiger partial charge is 0.493 e. The van der Waals surface area contributed by atoms with Crippen molar-refractivity contribution < 1.29 is 4.74 Å². The third-order valence-electron chi connectivity index (χ3n) is 3.22. The number of benzene rings is 1. The molecule has 2 heterocycles. The van der Waals surface area contributed by atoms with Crippen molar-refractivity contribution in [3.05, 3.63) is 51.7 Å². The standard InChI is InChI=1S/C15H17NOS/c1-2-14(18-9-1)11-16-7-5-12-3-4-15-13(10-12)6-8-17-15/h1-4,9-10,16H,5-8,11H2. The fourth-order valence-corrected chi connectivity index (χ4v) is 2.93. The van der Waals surface area contributed by atoms with Crippen LogP contribution in [0.4, 0.5) is 0 Å². The van der Waals surface area contributed by atoms with E-state index >= 15 is 0 Å². The lowest BCUT2D eigenvalue weighted by molar-refractivity contribution is 0.357. The second-order valence-electron chi connectivity index (χ2n) is 4.55. The summed E-state index contributed by atoms with van der Waals surface area (Å²) in [5.41, 5.74) is 2.77. The lowest BCUT2D eigenvalue weighted by Crippen LogP contribution is -2.15. The van der Waals surface area contributed by atoms with Crippen LogP contribution in [0.15, 0.2) is 35.7 Å². The molecule has 18 heavy (non-hydrogen) atoms. The molecule has 0 saturated carbocycles. The summed E-state index contributed by atoms with van der Waals surface area (Å²) in [5.74, 6) is 1.07. The van der Waals surface area contributed by atoms with Crippen LogP contribution in [0.1, 0.15) is 16.0 Å². The Labute approximate surface area is 112 Å². The first-order valence-corrected chi connectivity index (χ1v) is 7.27. The molecule has 1 N–H and O–H groups in total. The van der Waals surface area contributed by atoms with Gasteiger partial charge in [-0.1, -0.05) is 18.2 Å². The minimum Gasteiger partial charge on any atom is -0.493 e. The zero-order valence-electron chi connectivity index (χ0n) is 10.3. The minimum atomic E-state index is 0.843. The van der Waals surface area contributed by atoms with Crippen molar-refractivity contribution in [3.63, 3.8) is 0 Å². The Kier molecular flexibility index (Phi) is 3.62. The monoisotopic (exact) mass is 259 g/mol. The van der Waals surface area contributed by atoms with E-state index in [2.05, 4.69) is 41.0 Å². The number of hydrogen-bond acceptors (Lipinski definition) is 3. The summed E-state index contributed by atoms with van der Waals surface area (Å²) in [6.45, 7) is 2.85. The molecule has 0 aliphatic carbocycles. The first-order chi connectivity index (χ1) is 8.92. The van der Waals surface area contributed by atoms with Gasteiger partial charge >= 0.3 is 0 Å². The average Bonchev–Trinajstić information content (AvgIpc) is 3.05. The molecule has 2 nitrogen and oxygen atoms in total. The molecule has 3 rings (SSSR count). The Morgan fingerprint density at radius 1 is 1.28 bits per heavy atom. The second-order valence-corrected chi connectivity index (χ2v) is 5.58. The molecule has 1 aliphatic heterocycles. The average molecular weight is 259 g/mol. The molecular formula is C15H17NOS. The van der Waals surface area contributed by atoms with Crippen LogP contribution in [0.3, 0.4) is 0 Å². The molecule has 1 aromatic carbocycles. The normalized spacial score (nSPS) is 13.3. The minimum absolute atomic E-state index is 0.843. The molecule has 0 radical (unpaired) electrons. The van der Waals surface area contributed by atoms with Crippen LogP contribution in [-0.4, -0.2) is 13.2 Å². The molecule has 3 heteroatoms. The predicted octanol–water partition coefficient (Wildman–Crippen LogP) is 3.02. The molecule has 0 amide bonds. The van der Waals surface area contributed by atoms with Crippen molar-refractivity contribution in [2.45, 2.75) is 19.4 Å². The molecule has 1 aliphatic rings. The highest BCUT2D eigenvalue weighted by atomic mass is 32.1. The van der Waals surface area contributed by atoms with E-state index in [1.54, 1.807) is 11.3 Å². The fourth-order valence-electron chi connectivity index (χ4n) is 2.25. The summed E-state index contributed by atoms with van der Waals surface area (Å²) in [6, 6.07) is 10.8. The fraction of sp³-hybridized carbons (Fsp3) is 0.333. The molecule has 0 unspecified atom stereocenters. The van der Waals surface area contributed by atoms with E-state index in [-0.39, 0.29) is 0 Å². The molecule has 0 fully saturated rings. The molecule has 0 atom stereocenters. The van der Waals surface area contributed by atoms with Crippen LogP contribution < -0.4 is 10.1 Å². The van der Waals surface area contributed by atoms with E-state index in [9.17, 15) is 0 Å². The van der Waals surface area contributed by atoms with Gasteiger partial charge in [-0.2, -0.15) is 0 Å². The number of nitrogens with one attached hydrogen (secondary N) is 1. The van der Waals surface area contributed by atoms with Gasteiger partial charge in [0.25, 0.3) is 0 Å². The second kappa shape index (κ2) is 5.55. The lowest BCUT2D eigenvalue weighted by Gasteiger charge is -2.05. The highest BCUT2D eigenvalue weighted by Gasteiger charge is 2.11. The van der Waals surface area contributed by atoms with E-state index in [0.717, 1.165) is 38.3 Å². The maximum Gasteiger partial charge on any atom is 0.122 e. The summed E-state index contributed by atoms with van der Waals surface area (Å²) in [7, 11) is 0. The van der Waals surface area contributed by atoms with Gasteiger partial charge in [-0.25, -0.2) is 0 Å². The lowest BCUT2D eigenvalue weighted by atomic mass is 10.1. The van der Waals surface area contributed by atoms with E-state index in [1.807, 2.05) is 0 Å². The zero-order valence-corrected chi connectivity index (χ0v) is 11.1. The van der Waals surface area contributed by atoms with Crippen LogP contribution >= 0.6 is 11.3 Å². The highest BCUT2D eigenvalue weighted by Crippen LogP contribution is 2.25. The van der Waals surface area contributed by atoms with Gasteiger partial charge in [0.15, 0.2) is 0 Å². The quantitative estimate of drug-likeness (QED) is 0.833. The van der Waals surface area contributed by atoms with Gasteiger partial charge < -0.3 is 10.1 Å².